The maximum Gasteiger partial charge on any atom is 0.188 e. The van der Waals surface area contributed by atoms with Crippen LogP contribution in [0.2, 0.25) is 0 Å². The predicted molar refractivity (Wildman–Crippen MR) is 59.7 cm³/mol. The van der Waals surface area contributed by atoms with Gasteiger partial charge in [0.25, 0.3) is 0 Å². The number of rotatable bonds is 2. The van der Waals surface area contributed by atoms with Gasteiger partial charge in [-0.05, 0) is 36.7 Å². The molecule has 1 saturated carbocycles. The van der Waals surface area contributed by atoms with E-state index in [0.717, 1.165) is 11.1 Å². The summed E-state index contributed by atoms with van der Waals surface area (Å²) in [6.45, 7) is 0. The number of carbonyl (C=O) groups excluding carboxylic acids is 1. The zero-order valence-corrected chi connectivity index (χ0v) is 8.65. The van der Waals surface area contributed by atoms with Crippen molar-refractivity contribution in [2.75, 3.05) is 0 Å². The van der Waals surface area contributed by atoms with E-state index in [2.05, 4.69) is 6.08 Å². The van der Waals surface area contributed by atoms with Crippen LogP contribution in [0.25, 0.3) is 0 Å². The van der Waals surface area contributed by atoms with Crippen LogP contribution in [0.15, 0.2) is 42.0 Å². The monoisotopic (exact) mass is 198 g/mol. The Labute approximate surface area is 89.8 Å². The summed E-state index contributed by atoms with van der Waals surface area (Å²) in [6.07, 6.45) is 5.93. The van der Waals surface area contributed by atoms with E-state index < -0.39 is 0 Å². The average molecular weight is 198 g/mol. The quantitative estimate of drug-likeness (QED) is 0.667. The van der Waals surface area contributed by atoms with E-state index in [0.29, 0.717) is 11.8 Å². The molecule has 1 aromatic rings. The third-order valence-corrected chi connectivity index (χ3v) is 3.63. The van der Waals surface area contributed by atoms with Crippen molar-refractivity contribution in [1.82, 2.24) is 0 Å². The van der Waals surface area contributed by atoms with E-state index >= 15 is 0 Å². The first-order chi connectivity index (χ1) is 7.34. The Morgan fingerprint density at radius 1 is 1.13 bits per heavy atom. The van der Waals surface area contributed by atoms with Crippen LogP contribution in [0.3, 0.4) is 0 Å². The number of Topliss-reactive ketones (excluding diaryl/α,β-unsaturated/α-hetero) is 1. The van der Waals surface area contributed by atoms with Crippen LogP contribution in [0.5, 0.6) is 0 Å². The third kappa shape index (κ3) is 1.43. The highest BCUT2D eigenvalue weighted by atomic mass is 16.1. The van der Waals surface area contributed by atoms with Gasteiger partial charge in [-0.2, -0.15) is 0 Å². The Balaban J connectivity index is 1.90. The zero-order chi connectivity index (χ0) is 10.3. The van der Waals surface area contributed by atoms with Gasteiger partial charge in [0.05, 0.1) is 0 Å². The first kappa shape index (κ1) is 8.90. The molecule has 1 heteroatoms. The summed E-state index contributed by atoms with van der Waals surface area (Å²) in [5, 5.41) is 0. The highest BCUT2D eigenvalue weighted by Gasteiger charge is 2.35. The van der Waals surface area contributed by atoms with Gasteiger partial charge >= 0.3 is 0 Å². The average Bonchev–Trinajstić information content (AvgIpc) is 2.91. The number of fused-ring (bicyclic) bond motifs is 2. The van der Waals surface area contributed by atoms with E-state index in [4.69, 9.17) is 0 Å². The molecule has 2 unspecified atom stereocenters. The van der Waals surface area contributed by atoms with Gasteiger partial charge in [0, 0.05) is 5.56 Å². The van der Waals surface area contributed by atoms with Crippen LogP contribution in [0.1, 0.15) is 29.6 Å². The van der Waals surface area contributed by atoms with Gasteiger partial charge in [-0.25, -0.2) is 0 Å². The van der Waals surface area contributed by atoms with Crippen molar-refractivity contribution in [1.29, 1.82) is 0 Å². The first-order valence-corrected chi connectivity index (χ1v) is 5.66. The van der Waals surface area contributed by atoms with Crippen molar-refractivity contribution >= 4 is 5.78 Å². The fourth-order valence-electron chi connectivity index (χ4n) is 2.86. The van der Waals surface area contributed by atoms with Gasteiger partial charge in [-0.3, -0.25) is 4.79 Å². The van der Waals surface area contributed by atoms with E-state index in [-0.39, 0.29) is 5.78 Å². The second-order valence-electron chi connectivity index (χ2n) is 4.59. The molecule has 0 aromatic heterocycles. The molecule has 1 aromatic carbocycles. The topological polar surface area (TPSA) is 17.1 Å². The molecule has 1 nitrogen and oxygen atoms in total. The van der Waals surface area contributed by atoms with Crippen molar-refractivity contribution in [3.63, 3.8) is 0 Å². The minimum absolute atomic E-state index is 0.253. The van der Waals surface area contributed by atoms with Crippen LogP contribution in [0, 0.1) is 11.8 Å². The molecule has 0 radical (unpaired) electrons. The second kappa shape index (κ2) is 3.34. The lowest BCUT2D eigenvalue weighted by Crippen LogP contribution is -2.09. The molecule has 15 heavy (non-hydrogen) atoms. The Hall–Kier alpha value is -1.37. The van der Waals surface area contributed by atoms with Crippen molar-refractivity contribution in [2.45, 2.75) is 19.3 Å². The summed E-state index contributed by atoms with van der Waals surface area (Å²) in [4.78, 5) is 12.2. The fraction of sp³-hybridized carbons (Fsp3) is 0.357. The molecule has 0 saturated heterocycles. The Morgan fingerprint density at radius 3 is 2.53 bits per heavy atom. The van der Waals surface area contributed by atoms with Crippen LogP contribution >= 0.6 is 0 Å². The molecule has 0 amide bonds. The van der Waals surface area contributed by atoms with Gasteiger partial charge < -0.3 is 0 Å². The summed E-state index contributed by atoms with van der Waals surface area (Å²) in [5.74, 6) is 1.50. The smallest absolute Gasteiger partial charge is 0.188 e. The van der Waals surface area contributed by atoms with Gasteiger partial charge in [-0.15, -0.1) is 0 Å². The lowest BCUT2D eigenvalue weighted by Gasteiger charge is -2.11. The minimum Gasteiger partial charge on any atom is -0.289 e. The first-order valence-electron chi connectivity index (χ1n) is 5.66. The number of hydrogen-bond acceptors (Lipinski definition) is 1. The molecule has 2 aliphatic carbocycles. The Kier molecular flexibility index (Phi) is 1.98. The summed E-state index contributed by atoms with van der Waals surface area (Å²) < 4.78 is 0. The molecule has 2 aliphatic rings. The largest absolute Gasteiger partial charge is 0.289 e. The van der Waals surface area contributed by atoms with Crippen LogP contribution in [-0.4, -0.2) is 5.78 Å². The van der Waals surface area contributed by atoms with Crippen molar-refractivity contribution in [3.05, 3.63) is 47.5 Å². The zero-order valence-electron chi connectivity index (χ0n) is 8.65. The minimum atomic E-state index is 0.253. The summed E-state index contributed by atoms with van der Waals surface area (Å²) in [7, 11) is 0. The SMILES string of the molecule is O=C(C1=CC2CCC1C2)c1ccccc1. The highest BCUT2D eigenvalue weighted by molar-refractivity contribution is 6.09. The van der Waals surface area contributed by atoms with Gasteiger partial charge in [0.1, 0.15) is 0 Å². The standard InChI is InChI=1S/C14H14O/c15-14(11-4-2-1-3-5-11)13-9-10-6-7-12(13)8-10/h1-5,9-10,12H,6-8H2. The molecular formula is C14H14O. The molecule has 3 rings (SSSR count). The van der Waals surface area contributed by atoms with E-state index in [1.54, 1.807) is 0 Å². The Bertz CT molecular complexity index is 416. The number of benzene rings is 1. The van der Waals surface area contributed by atoms with E-state index in [9.17, 15) is 4.79 Å². The third-order valence-electron chi connectivity index (χ3n) is 3.63. The molecule has 0 N–H and O–H groups in total. The predicted octanol–water partition coefficient (Wildman–Crippen LogP) is 3.23. The van der Waals surface area contributed by atoms with Gasteiger partial charge in [-0.1, -0.05) is 36.4 Å². The highest BCUT2D eigenvalue weighted by Crippen LogP contribution is 2.44. The van der Waals surface area contributed by atoms with Gasteiger partial charge in [0.15, 0.2) is 5.78 Å². The van der Waals surface area contributed by atoms with Crippen molar-refractivity contribution in [3.8, 4) is 0 Å². The molecule has 0 heterocycles. The molecule has 1 fully saturated rings. The number of ketones is 1. The van der Waals surface area contributed by atoms with Crippen LogP contribution in [0.4, 0.5) is 0 Å². The molecular weight excluding hydrogens is 184 g/mol. The van der Waals surface area contributed by atoms with E-state index in [1.807, 2.05) is 30.3 Å². The lowest BCUT2D eigenvalue weighted by atomic mass is 9.92. The fourth-order valence-corrected chi connectivity index (χ4v) is 2.86. The molecule has 76 valence electrons. The van der Waals surface area contributed by atoms with Gasteiger partial charge in [0.2, 0.25) is 0 Å². The summed E-state index contributed by atoms with van der Waals surface area (Å²) in [5.41, 5.74) is 1.92. The summed E-state index contributed by atoms with van der Waals surface area (Å²) in [6, 6.07) is 9.64. The Morgan fingerprint density at radius 2 is 1.93 bits per heavy atom. The van der Waals surface area contributed by atoms with Crippen molar-refractivity contribution < 1.29 is 4.79 Å². The number of hydrogen-bond donors (Lipinski definition) is 0. The van der Waals surface area contributed by atoms with Crippen molar-refractivity contribution in [2.24, 2.45) is 11.8 Å². The maximum atomic E-state index is 12.2. The maximum absolute atomic E-state index is 12.2. The van der Waals surface area contributed by atoms with E-state index in [1.165, 1.54) is 19.3 Å². The van der Waals surface area contributed by atoms with Crippen LogP contribution < -0.4 is 0 Å². The molecule has 2 bridgehead atoms. The normalized spacial score (nSPS) is 27.9. The second-order valence-corrected chi connectivity index (χ2v) is 4.59. The number of carbonyl (C=O) groups is 1. The lowest BCUT2D eigenvalue weighted by molar-refractivity contribution is 0.102. The molecule has 0 aliphatic heterocycles. The van der Waals surface area contributed by atoms with Crippen LogP contribution in [-0.2, 0) is 0 Å². The summed E-state index contributed by atoms with van der Waals surface area (Å²) >= 11 is 0. The molecule has 0 spiro atoms. The number of allylic oxidation sites excluding steroid dienone is 2. The molecule has 2 atom stereocenters.